The van der Waals surface area contributed by atoms with Crippen LogP contribution in [-0.2, 0) is 16.0 Å². The molecule has 128 valence electrons. The number of fused-ring (bicyclic) bond motifs is 1. The van der Waals surface area contributed by atoms with Gasteiger partial charge in [0.25, 0.3) is 0 Å². The number of hydrogen-bond acceptors (Lipinski definition) is 3. The van der Waals surface area contributed by atoms with Crippen molar-refractivity contribution in [2.24, 2.45) is 5.92 Å². The van der Waals surface area contributed by atoms with E-state index in [2.05, 4.69) is 5.32 Å². The number of carboxylic acids is 1. The third kappa shape index (κ3) is 5.27. The predicted octanol–water partition coefficient (Wildman–Crippen LogP) is 3.34. The van der Waals surface area contributed by atoms with Crippen LogP contribution in [0.15, 0.2) is 42.5 Å². The number of aliphatic carboxylic acids is 1. The largest absolute Gasteiger partial charge is 0.481 e. The maximum atomic E-state index is 11.8. The fraction of sp³-hybridized carbons (Fsp3) is 0.368. The summed E-state index contributed by atoms with van der Waals surface area (Å²) in [4.78, 5) is 23.4. The van der Waals surface area contributed by atoms with E-state index >= 15 is 0 Å². The molecule has 0 spiro atoms. The molecule has 0 heterocycles. The van der Waals surface area contributed by atoms with Crippen molar-refractivity contribution in [3.63, 3.8) is 0 Å². The van der Waals surface area contributed by atoms with Crippen LogP contribution in [0.5, 0.6) is 0 Å². The van der Waals surface area contributed by atoms with Gasteiger partial charge in [-0.3, -0.25) is 9.59 Å². The topological polar surface area (TPSA) is 66.4 Å². The van der Waals surface area contributed by atoms with E-state index in [9.17, 15) is 14.7 Å². The number of amides is 1. The smallest absolute Gasteiger partial charge is 0.308 e. The van der Waals surface area contributed by atoms with Crippen LogP contribution in [0.4, 0.5) is 0 Å². The zero-order chi connectivity index (χ0) is 17.4. The SMILES string of the molecule is CSCCCC(=O)NCC(Cc1cccc2ccccc12)C(=O)O. The van der Waals surface area contributed by atoms with Gasteiger partial charge in [0.1, 0.15) is 0 Å². The third-order valence-corrected chi connectivity index (χ3v) is 4.69. The van der Waals surface area contributed by atoms with Crippen LogP contribution >= 0.6 is 11.8 Å². The number of thioether (sulfide) groups is 1. The first-order chi connectivity index (χ1) is 11.6. The van der Waals surface area contributed by atoms with Gasteiger partial charge in [0.05, 0.1) is 5.92 Å². The molecule has 0 bridgehead atoms. The minimum Gasteiger partial charge on any atom is -0.481 e. The fourth-order valence-electron chi connectivity index (χ4n) is 2.69. The van der Waals surface area contributed by atoms with Crippen molar-refractivity contribution in [3.05, 3.63) is 48.0 Å². The van der Waals surface area contributed by atoms with E-state index in [0.717, 1.165) is 28.5 Å². The Morgan fingerprint density at radius 2 is 1.92 bits per heavy atom. The Labute approximate surface area is 146 Å². The average Bonchev–Trinajstić information content (AvgIpc) is 2.58. The minimum atomic E-state index is -0.882. The normalized spacial score (nSPS) is 12.0. The Bertz CT molecular complexity index is 697. The monoisotopic (exact) mass is 345 g/mol. The highest BCUT2D eigenvalue weighted by Crippen LogP contribution is 2.21. The predicted molar refractivity (Wildman–Crippen MR) is 99.4 cm³/mol. The molecule has 0 fully saturated rings. The van der Waals surface area contributed by atoms with E-state index < -0.39 is 11.9 Å². The average molecular weight is 345 g/mol. The van der Waals surface area contributed by atoms with Gasteiger partial charge in [-0.05, 0) is 41.2 Å². The highest BCUT2D eigenvalue weighted by molar-refractivity contribution is 7.98. The van der Waals surface area contributed by atoms with Crippen molar-refractivity contribution in [1.82, 2.24) is 5.32 Å². The molecule has 0 aliphatic carbocycles. The zero-order valence-corrected chi connectivity index (χ0v) is 14.6. The van der Waals surface area contributed by atoms with Crippen LogP contribution < -0.4 is 5.32 Å². The van der Waals surface area contributed by atoms with Gasteiger partial charge >= 0.3 is 5.97 Å². The second-order valence-corrected chi connectivity index (χ2v) is 6.76. The molecule has 1 amide bonds. The maximum absolute atomic E-state index is 11.8. The summed E-state index contributed by atoms with van der Waals surface area (Å²) in [6.45, 7) is 0.163. The van der Waals surface area contributed by atoms with Crippen molar-refractivity contribution < 1.29 is 14.7 Å². The lowest BCUT2D eigenvalue weighted by molar-refractivity contribution is -0.141. The summed E-state index contributed by atoms with van der Waals surface area (Å²) < 4.78 is 0. The standard InChI is InChI=1S/C19H23NO3S/c1-24-11-5-10-18(21)20-13-16(19(22)23)12-15-8-4-7-14-6-2-3-9-17(14)15/h2-4,6-9,16H,5,10-13H2,1H3,(H,20,21)(H,22,23). The van der Waals surface area contributed by atoms with Gasteiger partial charge in [0.15, 0.2) is 0 Å². The number of hydrogen-bond donors (Lipinski definition) is 2. The Balaban J connectivity index is 2.00. The molecule has 2 rings (SSSR count). The molecule has 0 saturated carbocycles. The molecule has 0 aliphatic heterocycles. The molecule has 1 unspecified atom stereocenters. The van der Waals surface area contributed by atoms with E-state index in [4.69, 9.17) is 0 Å². The minimum absolute atomic E-state index is 0.0757. The van der Waals surface area contributed by atoms with Crippen LogP contribution in [-0.4, -0.2) is 35.5 Å². The number of carbonyl (C=O) groups is 2. The molecule has 24 heavy (non-hydrogen) atoms. The zero-order valence-electron chi connectivity index (χ0n) is 13.8. The first kappa shape index (κ1) is 18.3. The quantitative estimate of drug-likeness (QED) is 0.684. The summed E-state index contributed by atoms with van der Waals surface area (Å²) in [5.41, 5.74) is 0.997. The third-order valence-electron chi connectivity index (χ3n) is 3.99. The summed E-state index contributed by atoms with van der Waals surface area (Å²) >= 11 is 1.70. The van der Waals surface area contributed by atoms with Crippen LogP contribution in [0, 0.1) is 5.92 Å². The van der Waals surface area contributed by atoms with Crippen molar-refractivity contribution in [2.75, 3.05) is 18.6 Å². The lowest BCUT2D eigenvalue weighted by Gasteiger charge is -2.15. The Morgan fingerprint density at radius 1 is 1.17 bits per heavy atom. The van der Waals surface area contributed by atoms with Gasteiger partial charge in [-0.25, -0.2) is 0 Å². The van der Waals surface area contributed by atoms with Crippen LogP contribution in [0.25, 0.3) is 10.8 Å². The van der Waals surface area contributed by atoms with E-state index in [1.165, 1.54) is 0 Å². The number of carboxylic acid groups (broad SMARTS) is 1. The highest BCUT2D eigenvalue weighted by Gasteiger charge is 2.19. The number of benzene rings is 2. The van der Waals surface area contributed by atoms with Gasteiger partial charge in [-0.15, -0.1) is 0 Å². The Kier molecular flexibility index (Phi) is 7.12. The lowest BCUT2D eigenvalue weighted by atomic mass is 9.95. The van der Waals surface area contributed by atoms with Crippen molar-refractivity contribution in [2.45, 2.75) is 19.3 Å². The van der Waals surface area contributed by atoms with E-state index in [-0.39, 0.29) is 12.5 Å². The molecule has 2 N–H and O–H groups in total. The van der Waals surface area contributed by atoms with Crippen molar-refractivity contribution >= 4 is 34.4 Å². The molecule has 0 radical (unpaired) electrons. The summed E-state index contributed by atoms with van der Waals surface area (Å²) in [7, 11) is 0. The molecule has 2 aromatic carbocycles. The summed E-state index contributed by atoms with van der Waals surface area (Å²) in [5.74, 6) is -0.646. The second-order valence-electron chi connectivity index (χ2n) is 5.78. The molecule has 0 aromatic heterocycles. The molecule has 4 nitrogen and oxygen atoms in total. The first-order valence-electron chi connectivity index (χ1n) is 8.07. The molecule has 1 atom stereocenters. The summed E-state index contributed by atoms with van der Waals surface area (Å²) in [6.07, 6.45) is 3.67. The van der Waals surface area contributed by atoms with Gasteiger partial charge in [-0.2, -0.15) is 11.8 Å². The molecule has 5 heteroatoms. The molecule has 2 aromatic rings. The summed E-state index contributed by atoms with van der Waals surface area (Å²) in [5, 5.41) is 14.4. The number of nitrogens with one attached hydrogen (secondary N) is 1. The van der Waals surface area contributed by atoms with Gasteiger partial charge in [0.2, 0.25) is 5.91 Å². The van der Waals surface area contributed by atoms with E-state index in [1.54, 1.807) is 11.8 Å². The fourth-order valence-corrected chi connectivity index (χ4v) is 3.12. The first-order valence-corrected chi connectivity index (χ1v) is 9.46. The lowest BCUT2D eigenvalue weighted by Crippen LogP contribution is -2.34. The Hall–Kier alpha value is -2.01. The van der Waals surface area contributed by atoms with Crippen LogP contribution in [0.1, 0.15) is 18.4 Å². The van der Waals surface area contributed by atoms with Crippen molar-refractivity contribution in [1.29, 1.82) is 0 Å². The van der Waals surface area contributed by atoms with Crippen molar-refractivity contribution in [3.8, 4) is 0 Å². The van der Waals surface area contributed by atoms with Gasteiger partial charge < -0.3 is 10.4 Å². The molecular formula is C19H23NO3S. The highest BCUT2D eigenvalue weighted by atomic mass is 32.2. The number of rotatable bonds is 9. The Morgan fingerprint density at radius 3 is 2.67 bits per heavy atom. The second kappa shape index (κ2) is 9.33. The molecule has 0 aliphatic rings. The van der Waals surface area contributed by atoms with E-state index in [0.29, 0.717) is 12.8 Å². The molecular weight excluding hydrogens is 322 g/mol. The van der Waals surface area contributed by atoms with E-state index in [1.807, 2.05) is 48.7 Å². The molecule has 0 saturated heterocycles. The number of carbonyl (C=O) groups excluding carboxylic acids is 1. The van der Waals surface area contributed by atoms with Crippen LogP contribution in [0.3, 0.4) is 0 Å². The van der Waals surface area contributed by atoms with Crippen LogP contribution in [0.2, 0.25) is 0 Å². The maximum Gasteiger partial charge on any atom is 0.308 e. The van der Waals surface area contributed by atoms with Gasteiger partial charge in [-0.1, -0.05) is 42.5 Å². The summed E-state index contributed by atoms with van der Waals surface area (Å²) in [6, 6.07) is 13.9. The van der Waals surface area contributed by atoms with Gasteiger partial charge in [0, 0.05) is 13.0 Å².